The number of hydrogen-bond acceptors (Lipinski definition) is 3. The van der Waals surface area contributed by atoms with Crippen molar-refractivity contribution in [2.75, 3.05) is 11.9 Å². The Morgan fingerprint density at radius 3 is 2.81 bits per heavy atom. The van der Waals surface area contributed by atoms with Gasteiger partial charge in [-0.2, -0.15) is 9.78 Å². The number of anilines is 1. The first kappa shape index (κ1) is 13.6. The smallest absolute Gasteiger partial charge is 0.341 e. The molecule has 5 nitrogen and oxygen atoms in total. The fourth-order valence-corrected chi connectivity index (χ4v) is 2.67. The molecule has 0 bridgehead atoms. The Labute approximate surface area is 121 Å². The molecule has 1 amide bonds. The lowest BCUT2D eigenvalue weighted by molar-refractivity contribution is 0.248. The summed E-state index contributed by atoms with van der Waals surface area (Å²) in [7, 11) is 0. The van der Waals surface area contributed by atoms with Gasteiger partial charge in [-0.05, 0) is 37.0 Å². The summed E-state index contributed by atoms with van der Waals surface area (Å²) >= 11 is 0. The van der Waals surface area contributed by atoms with Crippen molar-refractivity contribution < 1.29 is 9.18 Å². The molecule has 2 aromatic rings. The Morgan fingerprint density at radius 1 is 1.33 bits per heavy atom. The van der Waals surface area contributed by atoms with Gasteiger partial charge in [-0.15, -0.1) is 0 Å². The second-order valence-electron chi connectivity index (χ2n) is 5.21. The molecular weight excluding hydrogens is 271 g/mol. The summed E-state index contributed by atoms with van der Waals surface area (Å²) in [4.78, 5) is 11.5. The summed E-state index contributed by atoms with van der Waals surface area (Å²) in [5.74, 6) is 0.444. The Morgan fingerprint density at radius 2 is 2.10 bits per heavy atom. The van der Waals surface area contributed by atoms with Gasteiger partial charge in [-0.1, -0.05) is 12.1 Å². The van der Waals surface area contributed by atoms with Crippen molar-refractivity contribution in [3.63, 3.8) is 0 Å². The summed E-state index contributed by atoms with van der Waals surface area (Å²) < 4.78 is 14.2. The van der Waals surface area contributed by atoms with Crippen LogP contribution in [-0.2, 0) is 12.8 Å². The number of carbonyl (C=O) groups is 1. The molecule has 0 atom stereocenters. The summed E-state index contributed by atoms with van der Waals surface area (Å²) in [6, 6.07) is 5.73. The fourth-order valence-electron chi connectivity index (χ4n) is 2.67. The van der Waals surface area contributed by atoms with E-state index in [1.54, 1.807) is 12.1 Å². The molecule has 3 rings (SSSR count). The minimum absolute atomic E-state index is 0.262. The van der Waals surface area contributed by atoms with Crippen molar-refractivity contribution in [1.29, 1.82) is 0 Å². The highest BCUT2D eigenvalue weighted by molar-refractivity contribution is 5.79. The molecule has 1 aliphatic rings. The molecule has 0 spiro atoms. The number of hydrogen-bond donors (Lipinski definition) is 2. The first-order valence-corrected chi connectivity index (χ1v) is 7.04. The minimum Gasteiger partial charge on any atom is -0.370 e. The molecule has 110 valence electrons. The molecule has 3 N–H and O–H groups in total. The van der Waals surface area contributed by atoms with Gasteiger partial charge in [0.2, 0.25) is 0 Å². The molecule has 0 saturated heterocycles. The van der Waals surface area contributed by atoms with E-state index in [-0.39, 0.29) is 5.82 Å². The van der Waals surface area contributed by atoms with Gasteiger partial charge in [0, 0.05) is 18.5 Å². The number of primary amides is 1. The lowest BCUT2D eigenvalue weighted by Crippen LogP contribution is -2.23. The van der Waals surface area contributed by atoms with E-state index in [1.165, 1.54) is 16.8 Å². The number of aromatic nitrogens is 2. The highest BCUT2D eigenvalue weighted by Crippen LogP contribution is 2.26. The number of rotatable bonds is 2. The minimum atomic E-state index is -0.592. The van der Waals surface area contributed by atoms with E-state index in [0.717, 1.165) is 42.6 Å². The van der Waals surface area contributed by atoms with Crippen LogP contribution in [0.5, 0.6) is 0 Å². The predicted octanol–water partition coefficient (Wildman–Crippen LogP) is 2.29. The number of amides is 1. The highest BCUT2D eigenvalue weighted by atomic mass is 19.1. The number of benzene rings is 1. The van der Waals surface area contributed by atoms with E-state index < -0.39 is 6.03 Å². The van der Waals surface area contributed by atoms with Crippen LogP contribution in [0.2, 0.25) is 0 Å². The van der Waals surface area contributed by atoms with Gasteiger partial charge in [0.05, 0.1) is 5.69 Å². The van der Waals surface area contributed by atoms with Gasteiger partial charge in [0.25, 0.3) is 0 Å². The maximum absolute atomic E-state index is 13.0. The van der Waals surface area contributed by atoms with Crippen molar-refractivity contribution in [2.45, 2.75) is 25.7 Å². The SMILES string of the molecule is NC(=O)n1nc(Cc2ccc(F)cc2)c2c1NCCCC2. The van der Waals surface area contributed by atoms with E-state index in [2.05, 4.69) is 10.4 Å². The average molecular weight is 288 g/mol. The normalized spacial score (nSPS) is 14.1. The zero-order chi connectivity index (χ0) is 14.8. The van der Waals surface area contributed by atoms with Crippen LogP contribution in [0.1, 0.15) is 29.7 Å². The molecule has 0 saturated carbocycles. The third kappa shape index (κ3) is 2.74. The van der Waals surface area contributed by atoms with E-state index in [4.69, 9.17) is 5.73 Å². The number of nitrogens with two attached hydrogens (primary N) is 1. The summed E-state index contributed by atoms with van der Waals surface area (Å²) in [5.41, 5.74) is 8.20. The first-order chi connectivity index (χ1) is 10.1. The lowest BCUT2D eigenvalue weighted by atomic mass is 10.0. The van der Waals surface area contributed by atoms with Gasteiger partial charge in [0.15, 0.2) is 0 Å². The molecular formula is C15H17FN4O. The summed E-state index contributed by atoms with van der Waals surface area (Å²) in [5, 5.41) is 7.57. The highest BCUT2D eigenvalue weighted by Gasteiger charge is 2.21. The standard InChI is InChI=1S/C15H17FN4O/c16-11-6-4-10(5-7-11)9-13-12-3-1-2-8-18-14(12)20(19-13)15(17)21/h4-7,18H,1-3,8-9H2,(H2,17,21). The molecule has 0 aliphatic carbocycles. The second kappa shape index (κ2) is 5.55. The fraction of sp³-hybridized carbons (Fsp3) is 0.333. The third-order valence-corrected chi connectivity index (χ3v) is 3.71. The van der Waals surface area contributed by atoms with Crippen molar-refractivity contribution in [1.82, 2.24) is 9.78 Å². The monoisotopic (exact) mass is 288 g/mol. The largest absolute Gasteiger partial charge is 0.370 e. The quantitative estimate of drug-likeness (QED) is 0.890. The van der Waals surface area contributed by atoms with Gasteiger partial charge in [-0.3, -0.25) is 0 Å². The number of nitrogens with one attached hydrogen (secondary N) is 1. The van der Waals surface area contributed by atoms with Gasteiger partial charge < -0.3 is 11.1 Å². The van der Waals surface area contributed by atoms with Crippen LogP contribution in [0.15, 0.2) is 24.3 Å². The number of fused-ring (bicyclic) bond motifs is 1. The van der Waals surface area contributed by atoms with Crippen LogP contribution in [0.25, 0.3) is 0 Å². The van der Waals surface area contributed by atoms with Crippen molar-refractivity contribution in [2.24, 2.45) is 5.73 Å². The Balaban J connectivity index is 1.98. The predicted molar refractivity (Wildman–Crippen MR) is 77.8 cm³/mol. The van der Waals surface area contributed by atoms with Gasteiger partial charge in [-0.25, -0.2) is 9.18 Å². The van der Waals surface area contributed by atoms with E-state index in [0.29, 0.717) is 12.2 Å². The van der Waals surface area contributed by atoms with Crippen LogP contribution >= 0.6 is 0 Å². The molecule has 1 aromatic heterocycles. The molecule has 1 aliphatic heterocycles. The van der Waals surface area contributed by atoms with Gasteiger partial charge in [0.1, 0.15) is 11.6 Å². The summed E-state index contributed by atoms with van der Waals surface area (Å²) in [6.07, 6.45) is 3.51. The maximum Gasteiger partial charge on any atom is 0.341 e. The van der Waals surface area contributed by atoms with E-state index in [1.807, 2.05) is 0 Å². The molecule has 2 heterocycles. The molecule has 0 radical (unpaired) electrons. The van der Waals surface area contributed by atoms with Crippen molar-refractivity contribution in [3.05, 3.63) is 46.9 Å². The van der Waals surface area contributed by atoms with E-state index >= 15 is 0 Å². The average Bonchev–Trinajstić information content (AvgIpc) is 2.65. The van der Waals surface area contributed by atoms with E-state index in [9.17, 15) is 9.18 Å². The first-order valence-electron chi connectivity index (χ1n) is 7.04. The number of halogens is 1. The topological polar surface area (TPSA) is 72.9 Å². The molecule has 1 aromatic carbocycles. The van der Waals surface area contributed by atoms with Crippen LogP contribution in [0, 0.1) is 5.82 Å². The van der Waals surface area contributed by atoms with Crippen molar-refractivity contribution >= 4 is 11.8 Å². The molecule has 21 heavy (non-hydrogen) atoms. The Hall–Kier alpha value is -2.37. The lowest BCUT2D eigenvalue weighted by Gasteiger charge is -2.05. The number of nitrogens with zero attached hydrogens (tertiary/aromatic N) is 2. The van der Waals surface area contributed by atoms with Gasteiger partial charge >= 0.3 is 6.03 Å². The van der Waals surface area contributed by atoms with Crippen LogP contribution in [0.3, 0.4) is 0 Å². The molecule has 0 fully saturated rings. The number of carbonyl (C=O) groups excluding carboxylic acids is 1. The second-order valence-corrected chi connectivity index (χ2v) is 5.21. The van der Waals surface area contributed by atoms with Crippen LogP contribution in [-0.4, -0.2) is 22.4 Å². The van der Waals surface area contributed by atoms with Crippen LogP contribution < -0.4 is 11.1 Å². The molecule has 6 heteroatoms. The van der Waals surface area contributed by atoms with Crippen molar-refractivity contribution in [3.8, 4) is 0 Å². The third-order valence-electron chi connectivity index (χ3n) is 3.71. The Bertz CT molecular complexity index is 663. The molecule has 0 unspecified atom stereocenters. The zero-order valence-electron chi connectivity index (χ0n) is 11.6. The maximum atomic E-state index is 13.0. The zero-order valence-corrected chi connectivity index (χ0v) is 11.6. The Kier molecular flexibility index (Phi) is 3.60. The summed E-state index contributed by atoms with van der Waals surface area (Å²) in [6.45, 7) is 0.808. The van der Waals surface area contributed by atoms with Crippen LogP contribution in [0.4, 0.5) is 15.0 Å².